The molecule has 2 rings (SSSR count). The van der Waals surface area contributed by atoms with Gasteiger partial charge in [0.1, 0.15) is 5.75 Å². The maximum atomic E-state index is 5.88. The third-order valence-electron chi connectivity index (χ3n) is 4.18. The molecule has 1 aliphatic heterocycles. The van der Waals surface area contributed by atoms with E-state index in [4.69, 9.17) is 9.47 Å². The molecule has 0 saturated carbocycles. The third-order valence-corrected chi connectivity index (χ3v) is 4.18. The van der Waals surface area contributed by atoms with Crippen molar-refractivity contribution in [1.82, 2.24) is 5.32 Å². The number of ether oxygens (including phenoxy) is 2. The van der Waals surface area contributed by atoms with Crippen LogP contribution in [0.15, 0.2) is 24.3 Å². The van der Waals surface area contributed by atoms with Crippen molar-refractivity contribution in [2.24, 2.45) is 5.92 Å². The number of nitrogens with one attached hydrogen (secondary N) is 1. The molecule has 3 heteroatoms. The number of hydrogen-bond acceptors (Lipinski definition) is 3. The van der Waals surface area contributed by atoms with E-state index in [1.165, 1.54) is 5.56 Å². The molecule has 3 unspecified atom stereocenters. The second kappa shape index (κ2) is 7.65. The molecule has 1 fully saturated rings. The Morgan fingerprint density at radius 2 is 2.05 bits per heavy atom. The summed E-state index contributed by atoms with van der Waals surface area (Å²) in [5.41, 5.74) is 1.34. The second-order valence-corrected chi connectivity index (χ2v) is 5.47. The van der Waals surface area contributed by atoms with Gasteiger partial charge in [-0.2, -0.15) is 0 Å². The molecule has 3 atom stereocenters. The smallest absolute Gasteiger partial charge is 0.118 e. The summed E-state index contributed by atoms with van der Waals surface area (Å²) in [6.07, 6.45) is 3.76. The molecule has 0 aliphatic carbocycles. The highest BCUT2D eigenvalue weighted by atomic mass is 16.5. The highest BCUT2D eigenvalue weighted by molar-refractivity contribution is 5.29. The molecule has 0 aromatic heterocycles. The lowest BCUT2D eigenvalue weighted by Gasteiger charge is -2.28. The maximum absolute atomic E-state index is 5.88. The Morgan fingerprint density at radius 1 is 1.30 bits per heavy atom. The van der Waals surface area contributed by atoms with Crippen LogP contribution in [-0.4, -0.2) is 26.4 Å². The molecule has 1 aromatic rings. The van der Waals surface area contributed by atoms with Gasteiger partial charge in [-0.05, 0) is 43.5 Å². The van der Waals surface area contributed by atoms with Crippen LogP contribution >= 0.6 is 0 Å². The van der Waals surface area contributed by atoms with Gasteiger partial charge in [0.05, 0.1) is 13.2 Å². The summed E-state index contributed by atoms with van der Waals surface area (Å²) >= 11 is 0. The first-order valence-corrected chi connectivity index (χ1v) is 7.79. The summed E-state index contributed by atoms with van der Waals surface area (Å²) in [7, 11) is 1.71. The molecule has 1 aromatic carbocycles. The molecule has 0 spiro atoms. The van der Waals surface area contributed by atoms with Gasteiger partial charge in [-0.1, -0.05) is 26.0 Å². The van der Waals surface area contributed by atoms with Gasteiger partial charge in [-0.3, -0.25) is 0 Å². The second-order valence-electron chi connectivity index (χ2n) is 5.47. The monoisotopic (exact) mass is 277 g/mol. The summed E-state index contributed by atoms with van der Waals surface area (Å²) in [4.78, 5) is 0. The van der Waals surface area contributed by atoms with Crippen LogP contribution in [0.4, 0.5) is 0 Å². The Labute approximate surface area is 122 Å². The van der Waals surface area contributed by atoms with E-state index in [0.29, 0.717) is 18.1 Å². The van der Waals surface area contributed by atoms with Gasteiger partial charge in [0, 0.05) is 18.6 Å². The average Bonchev–Trinajstić information content (AvgIpc) is 2.96. The Morgan fingerprint density at radius 3 is 2.65 bits per heavy atom. The predicted octanol–water partition coefficient (Wildman–Crippen LogP) is 3.55. The minimum absolute atomic E-state index is 0.381. The van der Waals surface area contributed by atoms with Crippen molar-refractivity contribution in [1.29, 1.82) is 0 Å². The van der Waals surface area contributed by atoms with Crippen molar-refractivity contribution >= 4 is 0 Å². The van der Waals surface area contributed by atoms with Crippen LogP contribution in [-0.2, 0) is 4.74 Å². The highest BCUT2D eigenvalue weighted by Gasteiger charge is 2.34. The predicted molar refractivity (Wildman–Crippen MR) is 82.2 cm³/mol. The molecule has 3 nitrogen and oxygen atoms in total. The van der Waals surface area contributed by atoms with Crippen LogP contribution in [0.3, 0.4) is 0 Å². The maximum Gasteiger partial charge on any atom is 0.118 e. The first-order valence-electron chi connectivity index (χ1n) is 7.79. The summed E-state index contributed by atoms with van der Waals surface area (Å²) in [6, 6.07) is 8.83. The van der Waals surface area contributed by atoms with Crippen LogP contribution in [0.1, 0.15) is 44.7 Å². The molecular formula is C17H27NO2. The van der Waals surface area contributed by atoms with E-state index in [1.54, 1.807) is 7.11 Å². The average molecular weight is 277 g/mol. The van der Waals surface area contributed by atoms with Crippen molar-refractivity contribution in [2.45, 2.75) is 45.3 Å². The summed E-state index contributed by atoms with van der Waals surface area (Å²) < 4.78 is 11.1. The van der Waals surface area contributed by atoms with Gasteiger partial charge in [0.2, 0.25) is 0 Å². The lowest BCUT2D eigenvalue weighted by Crippen LogP contribution is -2.33. The minimum Gasteiger partial charge on any atom is -0.497 e. The minimum atomic E-state index is 0.381. The molecular weight excluding hydrogens is 250 g/mol. The van der Waals surface area contributed by atoms with E-state index in [0.717, 1.165) is 38.2 Å². The quantitative estimate of drug-likeness (QED) is 0.826. The van der Waals surface area contributed by atoms with Crippen LogP contribution in [0.2, 0.25) is 0 Å². The molecule has 1 aliphatic rings. The normalized spacial score (nSPS) is 23.8. The van der Waals surface area contributed by atoms with E-state index in [-0.39, 0.29) is 0 Å². The highest BCUT2D eigenvalue weighted by Crippen LogP contribution is 2.35. The molecule has 1 saturated heterocycles. The topological polar surface area (TPSA) is 30.5 Å². The zero-order valence-electron chi connectivity index (χ0n) is 12.9. The molecule has 1 N–H and O–H groups in total. The Hall–Kier alpha value is -1.06. The van der Waals surface area contributed by atoms with Crippen LogP contribution in [0.5, 0.6) is 5.75 Å². The van der Waals surface area contributed by atoms with Gasteiger partial charge in [-0.25, -0.2) is 0 Å². The van der Waals surface area contributed by atoms with Gasteiger partial charge < -0.3 is 14.8 Å². The number of hydrogen-bond donors (Lipinski definition) is 1. The van der Waals surface area contributed by atoms with Crippen LogP contribution in [0.25, 0.3) is 0 Å². The standard InChI is InChI=1S/C17H27NO2/c1-4-11-18-17(15-10-12-20-16(15)5-2)13-6-8-14(19-3)9-7-13/h6-9,15-18H,4-5,10-12H2,1-3H3. The van der Waals surface area contributed by atoms with Gasteiger partial charge in [-0.15, -0.1) is 0 Å². The molecule has 0 radical (unpaired) electrons. The lowest BCUT2D eigenvalue weighted by molar-refractivity contribution is 0.0774. The molecule has 0 amide bonds. The Balaban J connectivity index is 2.16. The van der Waals surface area contributed by atoms with Crippen LogP contribution in [0, 0.1) is 5.92 Å². The zero-order chi connectivity index (χ0) is 14.4. The van der Waals surface area contributed by atoms with E-state index in [1.807, 2.05) is 12.1 Å². The largest absolute Gasteiger partial charge is 0.497 e. The molecule has 0 bridgehead atoms. The van der Waals surface area contributed by atoms with Crippen molar-refractivity contribution in [2.75, 3.05) is 20.3 Å². The SMILES string of the molecule is CCCNC(c1ccc(OC)cc1)C1CCOC1CC. The summed E-state index contributed by atoms with van der Waals surface area (Å²) in [5.74, 6) is 1.48. The van der Waals surface area contributed by atoms with Gasteiger partial charge in [0.15, 0.2) is 0 Å². The fraction of sp³-hybridized carbons (Fsp3) is 0.647. The number of benzene rings is 1. The Bertz CT molecular complexity index is 390. The molecule has 20 heavy (non-hydrogen) atoms. The summed E-state index contributed by atoms with van der Waals surface area (Å²) in [6.45, 7) is 6.36. The van der Waals surface area contributed by atoms with E-state index in [2.05, 4.69) is 31.3 Å². The number of methoxy groups -OCH3 is 1. The van der Waals surface area contributed by atoms with Crippen molar-refractivity contribution in [3.8, 4) is 5.75 Å². The van der Waals surface area contributed by atoms with Crippen molar-refractivity contribution < 1.29 is 9.47 Å². The fourth-order valence-electron chi connectivity index (χ4n) is 3.09. The molecule has 1 heterocycles. The van der Waals surface area contributed by atoms with E-state index >= 15 is 0 Å². The Kier molecular flexibility index (Phi) is 5.86. The summed E-state index contributed by atoms with van der Waals surface area (Å²) in [5, 5.41) is 3.71. The van der Waals surface area contributed by atoms with Crippen molar-refractivity contribution in [3.63, 3.8) is 0 Å². The first-order chi connectivity index (χ1) is 9.80. The lowest BCUT2D eigenvalue weighted by atomic mass is 9.86. The van der Waals surface area contributed by atoms with E-state index in [9.17, 15) is 0 Å². The molecule has 112 valence electrons. The fourth-order valence-corrected chi connectivity index (χ4v) is 3.09. The van der Waals surface area contributed by atoms with E-state index < -0.39 is 0 Å². The van der Waals surface area contributed by atoms with Gasteiger partial charge in [0.25, 0.3) is 0 Å². The van der Waals surface area contributed by atoms with Crippen LogP contribution < -0.4 is 10.1 Å². The zero-order valence-corrected chi connectivity index (χ0v) is 12.9. The van der Waals surface area contributed by atoms with Gasteiger partial charge >= 0.3 is 0 Å². The first kappa shape index (κ1) is 15.3. The van der Waals surface area contributed by atoms with Crippen molar-refractivity contribution in [3.05, 3.63) is 29.8 Å². The number of rotatable bonds is 7. The third kappa shape index (κ3) is 3.53.